The van der Waals surface area contributed by atoms with Crippen molar-refractivity contribution in [2.24, 2.45) is 40.9 Å². The van der Waals surface area contributed by atoms with Crippen LogP contribution in [0.2, 0.25) is 0 Å². The third-order valence-electron chi connectivity index (χ3n) is 14.1. The Hall–Kier alpha value is -5.30. The smallest absolute Gasteiger partial charge is 0.311 e. The summed E-state index contributed by atoms with van der Waals surface area (Å²) in [5, 5.41) is 0. The number of ether oxygens (including phenoxy) is 5. The first kappa shape index (κ1) is 70.7. The Morgan fingerprint density at radius 3 is 1.19 bits per heavy atom. The molecule has 0 saturated carbocycles. The van der Waals surface area contributed by atoms with Gasteiger partial charge in [-0.25, -0.2) is 0 Å². The van der Waals surface area contributed by atoms with E-state index in [1.807, 2.05) is 25.7 Å². The molecule has 20 heteroatoms. The Bertz CT molecular complexity index is 1930. The van der Waals surface area contributed by atoms with E-state index in [0.29, 0.717) is 77.5 Å². The molecule has 5 saturated heterocycles. The Labute approximate surface area is 467 Å². The van der Waals surface area contributed by atoms with Gasteiger partial charge in [-0.15, -0.1) is 0 Å². The number of carbonyl (C=O) groups excluding carboxylic acids is 10. The van der Waals surface area contributed by atoms with Crippen molar-refractivity contribution in [3.63, 3.8) is 0 Å². The average Bonchev–Trinajstić information content (AvgIpc) is 4.22. The zero-order valence-electron chi connectivity index (χ0n) is 50.5. The predicted octanol–water partition coefficient (Wildman–Crippen LogP) is 6.87. The van der Waals surface area contributed by atoms with Crippen molar-refractivity contribution in [2.75, 3.05) is 94.5 Å². The first-order valence-electron chi connectivity index (χ1n) is 28.4. The highest BCUT2D eigenvalue weighted by Crippen LogP contribution is 2.28. The van der Waals surface area contributed by atoms with Crippen molar-refractivity contribution in [3.8, 4) is 0 Å². The molecule has 5 unspecified atom stereocenters. The first-order chi connectivity index (χ1) is 36.6. The second kappa shape index (κ2) is 36.1. The van der Waals surface area contributed by atoms with E-state index in [1.54, 1.807) is 33.6 Å². The Morgan fingerprint density at radius 1 is 0.474 bits per heavy atom. The van der Waals surface area contributed by atoms with Crippen molar-refractivity contribution in [2.45, 2.75) is 178 Å². The molecule has 5 atom stereocenters. The fraction of sp³-hybridized carbons (Fsp3) is 0.828. The third-order valence-corrected chi connectivity index (χ3v) is 14.1. The number of hydrogen-bond donors (Lipinski definition) is 0. The van der Waals surface area contributed by atoms with Gasteiger partial charge < -0.3 is 48.2 Å². The van der Waals surface area contributed by atoms with Gasteiger partial charge in [-0.05, 0) is 51.9 Å². The van der Waals surface area contributed by atoms with Crippen LogP contribution in [0.25, 0.3) is 0 Å². The van der Waals surface area contributed by atoms with E-state index >= 15 is 0 Å². The molecule has 78 heavy (non-hydrogen) atoms. The van der Waals surface area contributed by atoms with Crippen molar-refractivity contribution in [1.82, 2.24) is 24.5 Å². The monoisotopic (exact) mass is 1110 g/mol. The minimum Gasteiger partial charge on any atom is -0.469 e. The normalized spacial score (nSPS) is 21.0. The van der Waals surface area contributed by atoms with Crippen molar-refractivity contribution >= 4 is 59.4 Å². The third kappa shape index (κ3) is 26.6. The van der Waals surface area contributed by atoms with E-state index in [-0.39, 0.29) is 106 Å². The molecule has 0 aliphatic carbocycles. The molecule has 0 radical (unpaired) electrons. The standard InChI is InChI=1S/C18H33NO3.3C11H19NO3.C7H11NO3/c1-3-4-5-6-7-8-9-10-11-12-13-19-15-16(14-17(19)20)18(21)22-2;1-11(2,3)7-12-6-8(5-9(12)13)10(14)15-4;1-8(2)4-5-12-7-9(6-10(12)13)11(14)15-3;1-5-15-10(14)8-6-9(13)12(7-8)11(2,3)4;1-8-4-5(3-6(8)9)7(10)11-2/h16H,3-15H2,1-2H3;8H,5-7H2,1-4H3;8-9H,4-7H2,1-3H3;8H,5-7H2,1-4H3;5H,3-4H2,1-2H3. The maximum atomic E-state index is 11.8. The van der Waals surface area contributed by atoms with Crippen LogP contribution in [-0.2, 0) is 71.6 Å². The number of unbranched alkanes of at least 4 members (excludes halogenated alkanes) is 9. The van der Waals surface area contributed by atoms with E-state index < -0.39 is 0 Å². The summed E-state index contributed by atoms with van der Waals surface area (Å²) in [5.74, 6) is -1.78. The van der Waals surface area contributed by atoms with Gasteiger partial charge in [0.05, 0.1) is 64.6 Å². The van der Waals surface area contributed by atoms with Crippen LogP contribution in [0.5, 0.6) is 0 Å². The lowest BCUT2D eigenvalue weighted by Crippen LogP contribution is -2.42. The topological polar surface area (TPSA) is 233 Å². The van der Waals surface area contributed by atoms with Crippen LogP contribution in [0.3, 0.4) is 0 Å². The summed E-state index contributed by atoms with van der Waals surface area (Å²) < 4.78 is 23.4. The highest BCUT2D eigenvalue weighted by Gasteiger charge is 2.41. The largest absolute Gasteiger partial charge is 0.469 e. The lowest BCUT2D eigenvalue weighted by Gasteiger charge is -2.31. The van der Waals surface area contributed by atoms with E-state index in [0.717, 1.165) is 25.9 Å². The predicted molar refractivity (Wildman–Crippen MR) is 295 cm³/mol. The molecule has 5 heterocycles. The van der Waals surface area contributed by atoms with Crippen LogP contribution in [0.4, 0.5) is 0 Å². The SMILES string of the molecule is CCCCCCCCCCCCN1CC(C(=O)OC)CC1=O.CCOC(=O)C1CC(=O)N(C(C)(C)C)C1.COC(=O)C1CC(=O)N(C)C1.COC(=O)C1CC(=O)N(CC(C)(C)C)C1.COC(=O)C1CC(=O)N(CCC(C)C)C1. The van der Waals surface area contributed by atoms with Crippen LogP contribution in [0.1, 0.15) is 172 Å². The van der Waals surface area contributed by atoms with Crippen LogP contribution in [0, 0.1) is 40.9 Å². The van der Waals surface area contributed by atoms with Gasteiger partial charge in [0, 0.05) is 97.0 Å². The molecule has 448 valence electrons. The van der Waals surface area contributed by atoms with Gasteiger partial charge in [-0.1, -0.05) is 99.3 Å². The summed E-state index contributed by atoms with van der Waals surface area (Å²) in [6, 6.07) is 0. The fourth-order valence-corrected chi connectivity index (χ4v) is 9.61. The van der Waals surface area contributed by atoms with Crippen molar-refractivity contribution in [1.29, 1.82) is 0 Å². The van der Waals surface area contributed by atoms with Gasteiger partial charge in [0.15, 0.2) is 0 Å². The zero-order chi connectivity index (χ0) is 59.3. The van der Waals surface area contributed by atoms with Crippen molar-refractivity contribution in [3.05, 3.63) is 0 Å². The molecule has 0 bridgehead atoms. The lowest BCUT2D eigenvalue weighted by molar-refractivity contribution is -0.148. The Balaban J connectivity index is 0.000000496. The molecule has 5 aliphatic rings. The van der Waals surface area contributed by atoms with E-state index in [9.17, 15) is 47.9 Å². The number of methoxy groups -OCH3 is 4. The molecule has 0 spiro atoms. The molecule has 5 amide bonds. The maximum absolute atomic E-state index is 11.8. The van der Waals surface area contributed by atoms with Crippen LogP contribution in [-0.4, -0.2) is 184 Å². The fourth-order valence-electron chi connectivity index (χ4n) is 9.61. The lowest BCUT2D eigenvalue weighted by atomic mass is 9.96. The number of hydrogen-bond acceptors (Lipinski definition) is 15. The second-order valence-electron chi connectivity index (χ2n) is 23.7. The molecule has 5 rings (SSSR count). The number of amides is 5. The minimum atomic E-state index is -0.289. The number of carbonyl (C=O) groups is 10. The van der Waals surface area contributed by atoms with Gasteiger partial charge in [0.1, 0.15) is 0 Å². The zero-order valence-corrected chi connectivity index (χ0v) is 50.5. The minimum absolute atomic E-state index is 0.0143. The summed E-state index contributed by atoms with van der Waals surface area (Å²) in [4.78, 5) is 122. The van der Waals surface area contributed by atoms with Gasteiger partial charge in [-0.3, -0.25) is 47.9 Å². The molecule has 0 aromatic heterocycles. The summed E-state index contributed by atoms with van der Waals surface area (Å²) in [5.41, 5.74) is -0.140. The quantitative estimate of drug-likeness (QED) is 0.0648. The molecule has 0 aromatic rings. The highest BCUT2D eigenvalue weighted by molar-refractivity contribution is 5.89. The van der Waals surface area contributed by atoms with E-state index in [2.05, 4.69) is 55.8 Å². The number of rotatable bonds is 21. The maximum Gasteiger partial charge on any atom is 0.311 e. The highest BCUT2D eigenvalue weighted by atomic mass is 16.5. The number of esters is 5. The Morgan fingerprint density at radius 2 is 0.833 bits per heavy atom. The van der Waals surface area contributed by atoms with Crippen LogP contribution in [0.15, 0.2) is 0 Å². The second-order valence-corrected chi connectivity index (χ2v) is 23.7. The summed E-state index contributed by atoms with van der Waals surface area (Å²) in [7, 11) is 7.14. The van der Waals surface area contributed by atoms with Crippen LogP contribution < -0.4 is 0 Å². The molecule has 5 fully saturated rings. The molecule has 20 nitrogen and oxygen atoms in total. The van der Waals surface area contributed by atoms with Gasteiger partial charge in [0.25, 0.3) is 0 Å². The molecule has 0 N–H and O–H groups in total. The molecular weight excluding hydrogens is 1010 g/mol. The summed E-state index contributed by atoms with van der Waals surface area (Å²) in [6.45, 7) is 25.6. The molecular formula is C58H101N5O15. The van der Waals surface area contributed by atoms with Gasteiger partial charge in [0.2, 0.25) is 29.5 Å². The Kier molecular flexibility index (Phi) is 32.7. The molecule has 5 aliphatic heterocycles. The van der Waals surface area contributed by atoms with Gasteiger partial charge in [-0.2, -0.15) is 0 Å². The summed E-state index contributed by atoms with van der Waals surface area (Å²) >= 11 is 0. The first-order valence-corrected chi connectivity index (χ1v) is 28.4. The molecule has 0 aromatic carbocycles. The van der Waals surface area contributed by atoms with Gasteiger partial charge >= 0.3 is 29.8 Å². The van der Waals surface area contributed by atoms with Crippen LogP contribution >= 0.6 is 0 Å². The summed E-state index contributed by atoms with van der Waals surface area (Å²) in [6.07, 6.45) is 15.5. The average molecular weight is 1110 g/mol. The number of nitrogens with zero attached hydrogens (tertiary/aromatic N) is 5. The van der Waals surface area contributed by atoms with E-state index in [1.165, 1.54) is 86.2 Å². The number of likely N-dealkylation sites (tertiary alicyclic amines) is 5. The van der Waals surface area contributed by atoms with Crippen molar-refractivity contribution < 1.29 is 71.6 Å². The van der Waals surface area contributed by atoms with E-state index in [4.69, 9.17) is 9.47 Å².